The molecule has 0 aliphatic carbocycles. The van der Waals surface area contributed by atoms with Crippen LogP contribution in [-0.4, -0.2) is 48.7 Å². The third-order valence-corrected chi connectivity index (χ3v) is 5.80. The predicted octanol–water partition coefficient (Wildman–Crippen LogP) is 5.94. The topological polar surface area (TPSA) is 76.0 Å². The molecule has 0 amide bonds. The van der Waals surface area contributed by atoms with E-state index in [1.807, 2.05) is 0 Å². The number of hydrogen-bond donors (Lipinski definition) is 2. The Bertz CT molecular complexity index is 361. The lowest BCUT2D eigenvalue weighted by molar-refractivity contribution is -0.140. The molecule has 5 nitrogen and oxygen atoms in total. The summed E-state index contributed by atoms with van der Waals surface area (Å²) in [5, 5.41) is 19.7. The van der Waals surface area contributed by atoms with Crippen molar-refractivity contribution in [2.75, 3.05) is 20.3 Å². The Morgan fingerprint density at radius 3 is 1.73 bits per heavy atom. The van der Waals surface area contributed by atoms with E-state index < -0.39 is 12.2 Å². The van der Waals surface area contributed by atoms with Crippen LogP contribution in [0.25, 0.3) is 0 Å². The number of aliphatic hydroxyl groups is 2. The van der Waals surface area contributed by atoms with Gasteiger partial charge in [-0.1, -0.05) is 96.8 Å². The van der Waals surface area contributed by atoms with Gasteiger partial charge in [0.15, 0.2) is 0 Å². The van der Waals surface area contributed by atoms with Crippen molar-refractivity contribution < 1.29 is 24.5 Å². The minimum absolute atomic E-state index is 0.170. The second kappa shape index (κ2) is 23.0. The lowest BCUT2D eigenvalue weighted by Crippen LogP contribution is -2.32. The molecule has 0 rings (SSSR count). The summed E-state index contributed by atoms with van der Waals surface area (Å²) in [7, 11) is 1.38. The van der Waals surface area contributed by atoms with Gasteiger partial charge in [-0.25, -0.2) is 0 Å². The van der Waals surface area contributed by atoms with Crippen molar-refractivity contribution in [3.05, 3.63) is 0 Å². The minimum Gasteiger partial charge on any atom is -0.469 e. The van der Waals surface area contributed by atoms with Crippen LogP contribution in [0.4, 0.5) is 0 Å². The van der Waals surface area contributed by atoms with Gasteiger partial charge in [0.2, 0.25) is 0 Å². The molecule has 0 aromatic heterocycles. The van der Waals surface area contributed by atoms with Crippen molar-refractivity contribution in [2.45, 2.75) is 135 Å². The molecule has 0 spiro atoms. The molecule has 2 N–H and O–H groups in total. The Morgan fingerprint density at radius 2 is 1.27 bits per heavy atom. The summed E-state index contributed by atoms with van der Waals surface area (Å²) in [6, 6.07) is 0. The summed E-state index contributed by atoms with van der Waals surface area (Å²) in [6.07, 6.45) is 19.7. The average molecular weight is 431 g/mol. The smallest absolute Gasteiger partial charge is 0.305 e. The van der Waals surface area contributed by atoms with Crippen molar-refractivity contribution in [3.63, 3.8) is 0 Å². The maximum Gasteiger partial charge on any atom is 0.305 e. The van der Waals surface area contributed by atoms with Crippen LogP contribution < -0.4 is 0 Å². The largest absolute Gasteiger partial charge is 0.469 e. The van der Waals surface area contributed by atoms with Gasteiger partial charge in [0.05, 0.1) is 19.8 Å². The summed E-state index contributed by atoms with van der Waals surface area (Å²) in [5.41, 5.74) is 0. The number of carbonyl (C=O) groups is 1. The van der Waals surface area contributed by atoms with E-state index in [1.54, 1.807) is 0 Å². The van der Waals surface area contributed by atoms with Crippen molar-refractivity contribution in [3.8, 4) is 0 Å². The first-order valence-electron chi connectivity index (χ1n) is 12.6. The van der Waals surface area contributed by atoms with Gasteiger partial charge in [-0.3, -0.25) is 4.79 Å². The van der Waals surface area contributed by atoms with Gasteiger partial charge in [-0.05, 0) is 19.3 Å². The Hall–Kier alpha value is -0.650. The van der Waals surface area contributed by atoms with Crippen molar-refractivity contribution >= 4 is 5.97 Å². The molecule has 0 aliphatic heterocycles. The molecule has 0 fully saturated rings. The molecule has 5 heteroatoms. The molecule has 0 bridgehead atoms. The van der Waals surface area contributed by atoms with Crippen LogP contribution in [0.15, 0.2) is 0 Å². The highest BCUT2D eigenvalue weighted by atomic mass is 16.5. The average Bonchev–Trinajstić information content (AvgIpc) is 2.76. The maximum absolute atomic E-state index is 11.0. The SMILES string of the molecule is CCCCCCCCCCCCCCCC[C@H](O)[C@H](CO)OCCCCC(=O)OC. The van der Waals surface area contributed by atoms with E-state index in [0.717, 1.165) is 19.3 Å². The standard InChI is InChI=1S/C25H50O5/c1-3-4-5-6-7-8-9-10-11-12-13-14-15-16-19-23(27)24(22-26)30-21-18-17-20-25(28)29-2/h23-24,26-27H,3-22H2,1-2H3/t23-,24-/m0/s1. The number of carbonyl (C=O) groups excluding carboxylic acids is 1. The maximum atomic E-state index is 11.0. The minimum atomic E-state index is -0.618. The van der Waals surface area contributed by atoms with E-state index in [2.05, 4.69) is 11.7 Å². The van der Waals surface area contributed by atoms with Gasteiger partial charge < -0.3 is 19.7 Å². The molecule has 30 heavy (non-hydrogen) atoms. The zero-order chi connectivity index (χ0) is 22.3. The molecule has 2 atom stereocenters. The number of hydrogen-bond acceptors (Lipinski definition) is 5. The van der Waals surface area contributed by atoms with Gasteiger partial charge in [0.25, 0.3) is 0 Å². The van der Waals surface area contributed by atoms with Crippen molar-refractivity contribution in [1.29, 1.82) is 0 Å². The molecule has 0 heterocycles. The van der Waals surface area contributed by atoms with Crippen LogP contribution in [0.5, 0.6) is 0 Å². The van der Waals surface area contributed by atoms with Crippen LogP contribution in [0, 0.1) is 0 Å². The highest BCUT2D eigenvalue weighted by molar-refractivity contribution is 5.68. The fourth-order valence-electron chi connectivity index (χ4n) is 3.73. The second-order valence-corrected chi connectivity index (χ2v) is 8.58. The fraction of sp³-hybridized carbons (Fsp3) is 0.960. The fourth-order valence-corrected chi connectivity index (χ4v) is 3.73. The Labute approximate surface area is 185 Å². The predicted molar refractivity (Wildman–Crippen MR) is 124 cm³/mol. The lowest BCUT2D eigenvalue weighted by atomic mass is 10.0. The number of rotatable bonds is 23. The number of aliphatic hydroxyl groups excluding tert-OH is 2. The van der Waals surface area contributed by atoms with E-state index in [1.165, 1.54) is 84.2 Å². The first-order chi connectivity index (χ1) is 14.7. The number of unbranched alkanes of at least 4 members (excludes halogenated alkanes) is 14. The highest BCUT2D eigenvalue weighted by Crippen LogP contribution is 2.15. The molecule has 0 aromatic carbocycles. The van der Waals surface area contributed by atoms with E-state index in [-0.39, 0.29) is 12.6 Å². The Kier molecular flexibility index (Phi) is 22.5. The monoisotopic (exact) mass is 430 g/mol. The number of esters is 1. The van der Waals surface area contributed by atoms with Crippen LogP contribution >= 0.6 is 0 Å². The molecule has 0 aromatic rings. The van der Waals surface area contributed by atoms with Crippen molar-refractivity contribution in [1.82, 2.24) is 0 Å². The molecule has 0 saturated carbocycles. The van der Waals surface area contributed by atoms with Gasteiger partial charge in [-0.2, -0.15) is 0 Å². The first-order valence-corrected chi connectivity index (χ1v) is 12.6. The highest BCUT2D eigenvalue weighted by Gasteiger charge is 2.18. The van der Waals surface area contributed by atoms with Gasteiger partial charge in [0.1, 0.15) is 6.10 Å². The molecule has 0 unspecified atom stereocenters. The lowest BCUT2D eigenvalue weighted by Gasteiger charge is -2.21. The Balaban J connectivity index is 3.45. The first kappa shape index (κ1) is 29.4. The summed E-state index contributed by atoms with van der Waals surface area (Å²) in [6.45, 7) is 2.54. The Morgan fingerprint density at radius 1 is 0.767 bits per heavy atom. The summed E-state index contributed by atoms with van der Waals surface area (Å²) >= 11 is 0. The third-order valence-electron chi connectivity index (χ3n) is 5.80. The zero-order valence-electron chi connectivity index (χ0n) is 19.9. The summed E-state index contributed by atoms with van der Waals surface area (Å²) in [4.78, 5) is 11.0. The van der Waals surface area contributed by atoms with Crippen LogP contribution in [-0.2, 0) is 14.3 Å². The normalized spacial score (nSPS) is 13.3. The van der Waals surface area contributed by atoms with Gasteiger partial charge in [0, 0.05) is 13.0 Å². The summed E-state index contributed by atoms with van der Waals surface area (Å²) in [5.74, 6) is -0.216. The van der Waals surface area contributed by atoms with E-state index in [0.29, 0.717) is 25.9 Å². The zero-order valence-corrected chi connectivity index (χ0v) is 19.9. The van der Waals surface area contributed by atoms with E-state index in [4.69, 9.17) is 4.74 Å². The van der Waals surface area contributed by atoms with E-state index >= 15 is 0 Å². The van der Waals surface area contributed by atoms with Gasteiger partial charge in [-0.15, -0.1) is 0 Å². The molecule has 0 saturated heterocycles. The quantitative estimate of drug-likeness (QED) is 0.155. The molecule has 180 valence electrons. The summed E-state index contributed by atoms with van der Waals surface area (Å²) < 4.78 is 10.2. The number of ether oxygens (including phenoxy) is 2. The molecular formula is C25H50O5. The van der Waals surface area contributed by atoms with E-state index in [9.17, 15) is 15.0 Å². The van der Waals surface area contributed by atoms with Gasteiger partial charge >= 0.3 is 5.97 Å². The number of methoxy groups -OCH3 is 1. The van der Waals surface area contributed by atoms with Crippen molar-refractivity contribution in [2.24, 2.45) is 0 Å². The second-order valence-electron chi connectivity index (χ2n) is 8.58. The third kappa shape index (κ3) is 19.3. The molecule has 0 radical (unpaired) electrons. The van der Waals surface area contributed by atoms with Crippen LogP contribution in [0.3, 0.4) is 0 Å². The van der Waals surface area contributed by atoms with Crippen LogP contribution in [0.1, 0.15) is 122 Å². The molecular weight excluding hydrogens is 380 g/mol. The van der Waals surface area contributed by atoms with Crippen LogP contribution in [0.2, 0.25) is 0 Å². The molecule has 0 aliphatic rings.